The second kappa shape index (κ2) is 6.68. The van der Waals surface area contributed by atoms with E-state index in [1.54, 1.807) is 18.3 Å². The highest BCUT2D eigenvalue weighted by Gasteiger charge is 2.33. The van der Waals surface area contributed by atoms with Crippen molar-refractivity contribution in [3.8, 4) is 0 Å². The van der Waals surface area contributed by atoms with Crippen molar-refractivity contribution in [2.45, 2.75) is 43.9 Å². The first-order valence-electron chi connectivity index (χ1n) is 8.47. The molecule has 3 atom stereocenters. The number of amides is 1. The summed E-state index contributed by atoms with van der Waals surface area (Å²) in [5, 5.41) is 7.13. The molecule has 0 radical (unpaired) electrons. The molecule has 2 bridgehead atoms. The molecule has 25 heavy (non-hydrogen) atoms. The molecule has 0 unspecified atom stereocenters. The molecule has 2 fully saturated rings. The Morgan fingerprint density at radius 2 is 2.16 bits per heavy atom. The number of ether oxygens (including phenoxy) is 1. The van der Waals surface area contributed by atoms with Gasteiger partial charge in [-0.2, -0.15) is 0 Å². The van der Waals surface area contributed by atoms with E-state index in [9.17, 15) is 13.6 Å². The second-order valence-electron chi connectivity index (χ2n) is 6.70. The number of pyridine rings is 1. The molecule has 2 aliphatic heterocycles. The Morgan fingerprint density at radius 1 is 1.40 bits per heavy atom. The average molecular weight is 350 g/mol. The third-order valence-corrected chi connectivity index (χ3v) is 4.80. The summed E-state index contributed by atoms with van der Waals surface area (Å²) in [6.45, 7) is 0.830. The first kappa shape index (κ1) is 16.4. The molecule has 134 valence electrons. The van der Waals surface area contributed by atoms with Crippen LogP contribution in [0, 0.1) is 0 Å². The smallest absolute Gasteiger partial charge is 0.256 e. The maximum absolute atomic E-state index is 12.8. The third-order valence-electron chi connectivity index (χ3n) is 4.80. The molecule has 0 saturated carbocycles. The Kier molecular flexibility index (Phi) is 4.39. The second-order valence-corrected chi connectivity index (χ2v) is 6.70. The number of halogens is 2. The van der Waals surface area contributed by atoms with Crippen molar-refractivity contribution in [1.29, 1.82) is 0 Å². The summed E-state index contributed by atoms with van der Waals surface area (Å²) in [5.41, 5.74) is 0.798. The molecule has 6 nitrogen and oxygen atoms in total. The summed E-state index contributed by atoms with van der Waals surface area (Å²) >= 11 is 0. The van der Waals surface area contributed by atoms with Crippen LogP contribution in [0.3, 0.4) is 0 Å². The molecular weight excluding hydrogens is 330 g/mol. The molecule has 2 N–H and O–H groups in total. The molecule has 4 heterocycles. The van der Waals surface area contributed by atoms with Crippen LogP contribution < -0.4 is 10.6 Å². The average Bonchev–Trinajstić information content (AvgIpc) is 2.93. The minimum atomic E-state index is -2.50. The van der Waals surface area contributed by atoms with Gasteiger partial charge in [0, 0.05) is 35.9 Å². The predicted molar refractivity (Wildman–Crippen MR) is 87.8 cm³/mol. The summed E-state index contributed by atoms with van der Waals surface area (Å²) in [4.78, 5) is 16.9. The van der Waals surface area contributed by atoms with Crippen molar-refractivity contribution in [3.63, 3.8) is 0 Å². The number of carbonyl (C=O) groups excluding carboxylic acids is 1. The molecule has 4 rings (SSSR count). The lowest BCUT2D eigenvalue weighted by molar-refractivity contribution is 0.0148. The Balaban J connectivity index is 1.55. The van der Waals surface area contributed by atoms with E-state index in [1.807, 2.05) is 0 Å². The van der Waals surface area contributed by atoms with E-state index in [1.165, 1.54) is 10.8 Å². The van der Waals surface area contributed by atoms with Crippen LogP contribution in [0.15, 0.2) is 24.5 Å². The highest BCUT2D eigenvalue weighted by atomic mass is 19.3. The van der Waals surface area contributed by atoms with Crippen LogP contribution in [-0.2, 0) is 11.3 Å². The van der Waals surface area contributed by atoms with E-state index < -0.39 is 13.0 Å². The highest BCUT2D eigenvalue weighted by molar-refractivity contribution is 6.06. The SMILES string of the molecule is O=C(N[C@H]1C[C@H]2COC[C@@H](C1)N2)c1cn(CC(F)F)c2ncccc12. The molecule has 2 aromatic heterocycles. The molecule has 2 aliphatic rings. The quantitative estimate of drug-likeness (QED) is 0.878. The van der Waals surface area contributed by atoms with Gasteiger partial charge in [0.25, 0.3) is 12.3 Å². The number of hydrogen-bond acceptors (Lipinski definition) is 4. The number of piperidine rings is 1. The first-order valence-corrected chi connectivity index (χ1v) is 8.47. The highest BCUT2D eigenvalue weighted by Crippen LogP contribution is 2.23. The molecule has 0 aromatic carbocycles. The Hall–Kier alpha value is -2.06. The first-order chi connectivity index (χ1) is 12.1. The fourth-order valence-electron chi connectivity index (χ4n) is 3.81. The van der Waals surface area contributed by atoms with Gasteiger partial charge in [-0.15, -0.1) is 0 Å². The number of hydrogen-bond donors (Lipinski definition) is 2. The third kappa shape index (κ3) is 3.36. The van der Waals surface area contributed by atoms with Gasteiger partial charge in [0.2, 0.25) is 0 Å². The largest absolute Gasteiger partial charge is 0.378 e. The molecule has 2 aromatic rings. The van der Waals surface area contributed by atoms with Crippen LogP contribution in [0.25, 0.3) is 11.0 Å². The number of fused-ring (bicyclic) bond motifs is 3. The van der Waals surface area contributed by atoms with Crippen LogP contribution in [0.5, 0.6) is 0 Å². The fraction of sp³-hybridized carbons (Fsp3) is 0.529. The normalized spacial score (nSPS) is 26.1. The van der Waals surface area contributed by atoms with E-state index in [-0.39, 0.29) is 24.0 Å². The molecule has 8 heteroatoms. The zero-order valence-electron chi connectivity index (χ0n) is 13.6. The topological polar surface area (TPSA) is 68.2 Å². The van der Waals surface area contributed by atoms with Crippen molar-refractivity contribution in [3.05, 3.63) is 30.1 Å². The van der Waals surface area contributed by atoms with Gasteiger partial charge in [-0.25, -0.2) is 13.8 Å². The van der Waals surface area contributed by atoms with E-state index in [2.05, 4.69) is 15.6 Å². The summed E-state index contributed by atoms with van der Waals surface area (Å²) in [5.74, 6) is -0.239. The van der Waals surface area contributed by atoms with Crippen LogP contribution in [0.4, 0.5) is 8.78 Å². The number of nitrogens with zero attached hydrogens (tertiary/aromatic N) is 2. The van der Waals surface area contributed by atoms with Crippen molar-refractivity contribution >= 4 is 16.9 Å². The monoisotopic (exact) mass is 350 g/mol. The molecule has 0 spiro atoms. The predicted octanol–water partition coefficient (Wildman–Crippen LogP) is 1.55. The summed E-state index contributed by atoms with van der Waals surface area (Å²) in [7, 11) is 0. The standard InChI is InChI=1S/C17H20F2N4O2/c18-15(19)7-23-6-14(13-2-1-3-20-16(13)23)17(24)22-10-4-11-8-25-9-12(5-10)21-11/h1-3,6,10-12,15,21H,4-5,7-9H2,(H,22,24)/t10-,11-,12+. The molecular formula is C17H20F2N4O2. The van der Waals surface area contributed by atoms with E-state index in [4.69, 9.17) is 4.74 Å². The van der Waals surface area contributed by atoms with Crippen molar-refractivity contribution in [2.75, 3.05) is 13.2 Å². The van der Waals surface area contributed by atoms with Gasteiger partial charge in [-0.1, -0.05) is 0 Å². The van der Waals surface area contributed by atoms with Gasteiger partial charge >= 0.3 is 0 Å². The van der Waals surface area contributed by atoms with Gasteiger partial charge in [-0.3, -0.25) is 4.79 Å². The number of aromatic nitrogens is 2. The van der Waals surface area contributed by atoms with Crippen LogP contribution >= 0.6 is 0 Å². The number of morpholine rings is 1. The summed E-state index contributed by atoms with van der Waals surface area (Å²) in [6, 6.07) is 4.00. The molecule has 1 amide bonds. The number of alkyl halides is 2. The van der Waals surface area contributed by atoms with Gasteiger partial charge in [0.05, 0.1) is 25.3 Å². The Bertz CT molecular complexity index is 767. The summed E-state index contributed by atoms with van der Waals surface area (Å²) in [6.07, 6.45) is 2.12. The van der Waals surface area contributed by atoms with Crippen molar-refractivity contribution in [1.82, 2.24) is 20.2 Å². The zero-order chi connectivity index (χ0) is 17.4. The number of carbonyl (C=O) groups is 1. The molecule has 2 saturated heterocycles. The van der Waals surface area contributed by atoms with Gasteiger partial charge in [0.1, 0.15) is 5.65 Å². The maximum Gasteiger partial charge on any atom is 0.256 e. The maximum atomic E-state index is 12.8. The minimum Gasteiger partial charge on any atom is -0.378 e. The van der Waals surface area contributed by atoms with E-state index in [0.717, 1.165) is 12.8 Å². The van der Waals surface area contributed by atoms with Crippen LogP contribution in [0.1, 0.15) is 23.2 Å². The Labute approximate surface area is 143 Å². The summed E-state index contributed by atoms with van der Waals surface area (Å²) < 4.78 is 32.5. The van der Waals surface area contributed by atoms with Gasteiger partial charge in [0.15, 0.2) is 0 Å². The Morgan fingerprint density at radius 3 is 2.88 bits per heavy atom. The lowest BCUT2D eigenvalue weighted by Crippen LogP contribution is -2.58. The lowest BCUT2D eigenvalue weighted by Gasteiger charge is -2.40. The number of rotatable bonds is 4. The van der Waals surface area contributed by atoms with Gasteiger partial charge < -0.3 is 19.9 Å². The van der Waals surface area contributed by atoms with Gasteiger partial charge in [-0.05, 0) is 25.0 Å². The zero-order valence-corrected chi connectivity index (χ0v) is 13.6. The van der Waals surface area contributed by atoms with Crippen LogP contribution in [0.2, 0.25) is 0 Å². The van der Waals surface area contributed by atoms with E-state index >= 15 is 0 Å². The van der Waals surface area contributed by atoms with E-state index in [0.29, 0.717) is 29.8 Å². The van der Waals surface area contributed by atoms with Crippen molar-refractivity contribution in [2.24, 2.45) is 0 Å². The van der Waals surface area contributed by atoms with Crippen molar-refractivity contribution < 1.29 is 18.3 Å². The number of nitrogens with one attached hydrogen (secondary N) is 2. The lowest BCUT2D eigenvalue weighted by atomic mass is 9.92. The molecule has 0 aliphatic carbocycles. The van der Waals surface area contributed by atoms with Crippen LogP contribution in [-0.4, -0.2) is 53.2 Å². The minimum absolute atomic E-state index is 0.0535. The fourth-order valence-corrected chi connectivity index (χ4v) is 3.81.